The van der Waals surface area contributed by atoms with Gasteiger partial charge in [0.1, 0.15) is 0 Å². The van der Waals surface area contributed by atoms with Gasteiger partial charge in [0.25, 0.3) is 0 Å². The van der Waals surface area contributed by atoms with Gasteiger partial charge in [0.15, 0.2) is 0 Å². The molecule has 1 rings (SSSR count). The van der Waals surface area contributed by atoms with E-state index in [1.54, 1.807) is 23.7 Å². The van der Waals surface area contributed by atoms with Crippen molar-refractivity contribution >= 4 is 17.7 Å². The van der Waals surface area contributed by atoms with Crippen molar-refractivity contribution in [3.8, 4) is 0 Å². The van der Waals surface area contributed by atoms with Crippen LogP contribution >= 0.6 is 11.8 Å². The van der Waals surface area contributed by atoms with Crippen LogP contribution in [0.5, 0.6) is 0 Å². The van der Waals surface area contributed by atoms with Crippen molar-refractivity contribution in [2.24, 2.45) is 0 Å². The van der Waals surface area contributed by atoms with E-state index in [1.165, 1.54) is 11.8 Å². The molecule has 0 aliphatic rings. The topological polar surface area (TPSA) is 40.5 Å². The third-order valence-electron chi connectivity index (χ3n) is 2.64. The van der Waals surface area contributed by atoms with E-state index in [0.717, 1.165) is 5.56 Å². The number of likely N-dealkylation sites (N-methyl/N-ethyl adjacent to an activating group) is 1. The molecule has 3 nitrogen and oxygen atoms in total. The molecule has 0 fully saturated rings. The van der Waals surface area contributed by atoms with Crippen molar-refractivity contribution in [2.75, 3.05) is 19.9 Å². The van der Waals surface area contributed by atoms with E-state index < -0.39 is 0 Å². The minimum atomic E-state index is -0.256. The number of hydrogen-bond acceptors (Lipinski definition) is 3. The first kappa shape index (κ1) is 13.1. The highest BCUT2D eigenvalue weighted by atomic mass is 32.2. The zero-order chi connectivity index (χ0) is 12.1. The van der Waals surface area contributed by atoms with Crippen LogP contribution in [0.1, 0.15) is 18.5 Å². The van der Waals surface area contributed by atoms with Crippen LogP contribution in [0.15, 0.2) is 29.2 Å². The molecule has 0 radical (unpaired) electrons. The number of aliphatic hydroxyl groups is 1. The number of amides is 1. The molecule has 0 aliphatic heterocycles. The van der Waals surface area contributed by atoms with Crippen LogP contribution in [0.25, 0.3) is 0 Å². The van der Waals surface area contributed by atoms with E-state index in [-0.39, 0.29) is 18.6 Å². The molecule has 16 heavy (non-hydrogen) atoms. The zero-order valence-electron chi connectivity index (χ0n) is 9.80. The minimum Gasteiger partial charge on any atom is -0.394 e. The largest absolute Gasteiger partial charge is 0.394 e. The number of carbonyl (C=O) groups is 1. The molecule has 0 aliphatic carbocycles. The number of carbonyl (C=O) groups excluding carboxylic acids is 1. The van der Waals surface area contributed by atoms with Gasteiger partial charge in [-0.2, -0.15) is 0 Å². The maximum Gasteiger partial charge on any atom is 0.219 e. The molecule has 4 heteroatoms. The highest BCUT2D eigenvalue weighted by Gasteiger charge is 2.17. The van der Waals surface area contributed by atoms with Crippen LogP contribution in [0, 0.1) is 0 Å². The van der Waals surface area contributed by atoms with Crippen LogP contribution in [0.3, 0.4) is 0 Å². The van der Waals surface area contributed by atoms with Crippen molar-refractivity contribution < 1.29 is 9.90 Å². The van der Waals surface area contributed by atoms with Gasteiger partial charge >= 0.3 is 0 Å². The Morgan fingerprint density at radius 1 is 1.44 bits per heavy atom. The molecule has 1 aromatic rings. The van der Waals surface area contributed by atoms with Gasteiger partial charge in [-0.25, -0.2) is 0 Å². The van der Waals surface area contributed by atoms with E-state index in [9.17, 15) is 9.90 Å². The summed E-state index contributed by atoms with van der Waals surface area (Å²) in [6.45, 7) is 1.44. The van der Waals surface area contributed by atoms with Crippen LogP contribution in [-0.2, 0) is 4.79 Å². The first-order valence-corrected chi connectivity index (χ1v) is 6.30. The molecule has 0 bridgehead atoms. The number of thioether (sulfide) groups is 1. The molecule has 0 saturated heterocycles. The average molecular weight is 239 g/mol. The van der Waals surface area contributed by atoms with Crippen molar-refractivity contribution in [1.29, 1.82) is 0 Å². The van der Waals surface area contributed by atoms with E-state index >= 15 is 0 Å². The van der Waals surface area contributed by atoms with E-state index in [4.69, 9.17) is 0 Å². The summed E-state index contributed by atoms with van der Waals surface area (Å²) in [5.74, 6) is -0.0482. The maximum absolute atomic E-state index is 11.3. The Balaban J connectivity index is 2.90. The Labute approximate surface area is 100 Å². The standard InChI is InChI=1S/C12H17NO2S/c1-9(15)13(2)12(8-14)10-4-6-11(16-3)7-5-10/h4-7,12,14H,8H2,1-3H3. The SMILES string of the molecule is CSc1ccc(C(CO)N(C)C(C)=O)cc1. The molecule has 1 unspecified atom stereocenters. The fraction of sp³-hybridized carbons (Fsp3) is 0.417. The lowest BCUT2D eigenvalue weighted by Gasteiger charge is -2.25. The predicted octanol–water partition coefficient (Wildman–Crippen LogP) is 1.92. The molecular weight excluding hydrogens is 222 g/mol. The van der Waals surface area contributed by atoms with Gasteiger partial charge in [0, 0.05) is 18.9 Å². The smallest absolute Gasteiger partial charge is 0.219 e. The van der Waals surface area contributed by atoms with E-state index in [0.29, 0.717) is 0 Å². The Bertz CT molecular complexity index is 351. The normalized spacial score (nSPS) is 12.2. The Hall–Kier alpha value is -1.00. The second-order valence-corrected chi connectivity index (χ2v) is 4.48. The molecule has 1 aromatic carbocycles. The van der Waals surface area contributed by atoms with E-state index in [2.05, 4.69) is 0 Å². The van der Waals surface area contributed by atoms with Gasteiger partial charge in [-0.15, -0.1) is 11.8 Å². The van der Waals surface area contributed by atoms with Gasteiger partial charge in [-0.3, -0.25) is 4.79 Å². The summed E-state index contributed by atoms with van der Waals surface area (Å²) in [5, 5.41) is 9.33. The van der Waals surface area contributed by atoms with Crippen molar-refractivity contribution in [3.63, 3.8) is 0 Å². The third-order valence-corrected chi connectivity index (χ3v) is 3.38. The fourth-order valence-corrected chi connectivity index (χ4v) is 1.91. The average Bonchev–Trinajstić information content (AvgIpc) is 2.30. The lowest BCUT2D eigenvalue weighted by Crippen LogP contribution is -2.31. The molecule has 88 valence electrons. The predicted molar refractivity (Wildman–Crippen MR) is 66.5 cm³/mol. The number of hydrogen-bond donors (Lipinski definition) is 1. The molecular formula is C12H17NO2S. The van der Waals surface area contributed by atoms with Gasteiger partial charge in [0.05, 0.1) is 12.6 Å². The lowest BCUT2D eigenvalue weighted by molar-refractivity contribution is -0.130. The van der Waals surface area contributed by atoms with Crippen LogP contribution in [0.4, 0.5) is 0 Å². The summed E-state index contributed by atoms with van der Waals surface area (Å²) in [4.78, 5) is 14.0. The Morgan fingerprint density at radius 3 is 2.38 bits per heavy atom. The van der Waals surface area contributed by atoms with Crippen LogP contribution < -0.4 is 0 Å². The quantitative estimate of drug-likeness (QED) is 0.816. The fourth-order valence-electron chi connectivity index (χ4n) is 1.50. The maximum atomic E-state index is 11.3. The highest BCUT2D eigenvalue weighted by Crippen LogP contribution is 2.22. The minimum absolute atomic E-state index is 0.0482. The first-order chi connectivity index (χ1) is 7.60. The van der Waals surface area contributed by atoms with E-state index in [1.807, 2.05) is 30.5 Å². The Morgan fingerprint density at radius 2 is 2.00 bits per heavy atom. The number of benzene rings is 1. The second-order valence-electron chi connectivity index (χ2n) is 3.60. The van der Waals surface area contributed by atoms with Crippen molar-refractivity contribution in [1.82, 2.24) is 4.90 Å². The first-order valence-electron chi connectivity index (χ1n) is 5.08. The molecule has 1 atom stereocenters. The molecule has 1 amide bonds. The molecule has 0 spiro atoms. The summed E-state index contributed by atoms with van der Waals surface area (Å²) in [7, 11) is 1.70. The summed E-state index contributed by atoms with van der Waals surface area (Å²) >= 11 is 1.67. The number of rotatable bonds is 4. The number of nitrogens with zero attached hydrogens (tertiary/aromatic N) is 1. The Kier molecular flexibility index (Phi) is 4.83. The zero-order valence-corrected chi connectivity index (χ0v) is 10.6. The monoisotopic (exact) mass is 239 g/mol. The number of aliphatic hydroxyl groups excluding tert-OH is 1. The molecule has 0 saturated carbocycles. The van der Waals surface area contributed by atoms with Crippen molar-refractivity contribution in [3.05, 3.63) is 29.8 Å². The summed E-state index contributed by atoms with van der Waals surface area (Å²) < 4.78 is 0. The molecule has 1 N–H and O–H groups in total. The molecule has 0 heterocycles. The second kappa shape index (κ2) is 5.92. The van der Waals surface area contributed by atoms with Gasteiger partial charge < -0.3 is 10.0 Å². The summed E-state index contributed by atoms with van der Waals surface area (Å²) in [6, 6.07) is 7.64. The molecule has 0 aromatic heterocycles. The van der Waals surface area contributed by atoms with Crippen LogP contribution in [0.2, 0.25) is 0 Å². The van der Waals surface area contributed by atoms with Gasteiger partial charge in [0.2, 0.25) is 5.91 Å². The summed E-state index contributed by atoms with van der Waals surface area (Å²) in [5.41, 5.74) is 0.956. The van der Waals surface area contributed by atoms with Gasteiger partial charge in [-0.1, -0.05) is 12.1 Å². The summed E-state index contributed by atoms with van der Waals surface area (Å²) in [6.07, 6.45) is 2.01. The highest BCUT2D eigenvalue weighted by molar-refractivity contribution is 7.98. The van der Waals surface area contributed by atoms with Gasteiger partial charge in [-0.05, 0) is 24.0 Å². The third kappa shape index (κ3) is 3.00. The van der Waals surface area contributed by atoms with Crippen LogP contribution in [-0.4, -0.2) is 35.8 Å². The van der Waals surface area contributed by atoms with Crippen molar-refractivity contribution in [2.45, 2.75) is 17.9 Å². The lowest BCUT2D eigenvalue weighted by atomic mass is 10.1.